The van der Waals surface area contributed by atoms with Crippen molar-refractivity contribution in [3.8, 4) is 0 Å². The predicted octanol–water partition coefficient (Wildman–Crippen LogP) is 0.846. The maximum absolute atomic E-state index is 9.55. The first-order valence-electron chi connectivity index (χ1n) is 6.70. The van der Waals surface area contributed by atoms with Gasteiger partial charge in [0, 0.05) is 19.2 Å². The predicted molar refractivity (Wildman–Crippen MR) is 70.2 cm³/mol. The van der Waals surface area contributed by atoms with Gasteiger partial charge in [-0.05, 0) is 40.3 Å². The topological polar surface area (TPSA) is 44.7 Å². The first-order valence-corrected chi connectivity index (χ1v) is 6.70. The molecule has 0 aliphatic carbocycles. The first-order chi connectivity index (χ1) is 8.02. The molecule has 0 radical (unpaired) electrons. The molecule has 1 aliphatic heterocycles. The molecule has 0 spiro atoms. The minimum atomic E-state index is -0.215. The lowest BCUT2D eigenvalue weighted by atomic mass is 10.0. The van der Waals surface area contributed by atoms with Gasteiger partial charge in [-0.25, -0.2) is 0 Å². The fraction of sp³-hybridized carbons (Fsp3) is 1.00. The summed E-state index contributed by atoms with van der Waals surface area (Å²) in [5, 5.41) is 13.0. The molecule has 1 aliphatic rings. The SMILES string of the molecule is CCCNC(C)(CO)CN(C)C1CCOC1C. The lowest BCUT2D eigenvalue weighted by molar-refractivity contribution is 0.0616. The molecule has 0 aromatic rings. The summed E-state index contributed by atoms with van der Waals surface area (Å²) in [7, 11) is 2.12. The molecule has 0 amide bonds. The van der Waals surface area contributed by atoms with E-state index in [1.165, 1.54) is 0 Å². The number of aliphatic hydroxyl groups is 1. The van der Waals surface area contributed by atoms with Crippen LogP contribution in [-0.4, -0.2) is 61.0 Å². The summed E-state index contributed by atoms with van der Waals surface area (Å²) in [6.45, 7) is 9.17. The van der Waals surface area contributed by atoms with Crippen molar-refractivity contribution in [3.05, 3.63) is 0 Å². The Bertz CT molecular complexity index is 225. The van der Waals surface area contributed by atoms with Gasteiger partial charge in [0.15, 0.2) is 0 Å². The average molecular weight is 244 g/mol. The Balaban J connectivity index is 2.48. The normalized spacial score (nSPS) is 28.6. The number of likely N-dealkylation sites (N-methyl/N-ethyl adjacent to an activating group) is 1. The second-order valence-electron chi connectivity index (χ2n) is 5.49. The molecular formula is C13H28N2O2. The molecule has 4 heteroatoms. The molecule has 1 rings (SSSR count). The van der Waals surface area contributed by atoms with Crippen molar-refractivity contribution in [1.82, 2.24) is 10.2 Å². The number of ether oxygens (including phenoxy) is 1. The maximum atomic E-state index is 9.55. The number of nitrogens with zero attached hydrogens (tertiary/aromatic N) is 1. The smallest absolute Gasteiger partial charge is 0.0702 e. The summed E-state index contributed by atoms with van der Waals surface area (Å²) in [5.41, 5.74) is -0.215. The van der Waals surface area contributed by atoms with E-state index in [0.717, 1.165) is 32.5 Å². The highest BCUT2D eigenvalue weighted by Gasteiger charge is 2.32. The Labute approximate surface area is 105 Å². The molecule has 0 aromatic carbocycles. The third-order valence-corrected chi connectivity index (χ3v) is 3.65. The Hall–Kier alpha value is -0.160. The van der Waals surface area contributed by atoms with Crippen molar-refractivity contribution in [2.75, 3.05) is 33.4 Å². The third kappa shape index (κ3) is 4.21. The number of aliphatic hydroxyl groups excluding tert-OH is 1. The van der Waals surface area contributed by atoms with E-state index in [2.05, 4.69) is 38.0 Å². The second kappa shape index (κ2) is 6.69. The zero-order chi connectivity index (χ0) is 12.9. The molecule has 0 bridgehead atoms. The second-order valence-corrected chi connectivity index (χ2v) is 5.49. The third-order valence-electron chi connectivity index (χ3n) is 3.65. The Morgan fingerprint density at radius 1 is 1.53 bits per heavy atom. The summed E-state index contributed by atoms with van der Waals surface area (Å²) in [5.74, 6) is 0. The Morgan fingerprint density at radius 2 is 2.24 bits per heavy atom. The molecule has 2 N–H and O–H groups in total. The maximum Gasteiger partial charge on any atom is 0.0702 e. The van der Waals surface area contributed by atoms with Crippen molar-refractivity contribution in [2.24, 2.45) is 0 Å². The van der Waals surface area contributed by atoms with Gasteiger partial charge in [-0.3, -0.25) is 4.90 Å². The monoisotopic (exact) mass is 244 g/mol. The Morgan fingerprint density at radius 3 is 2.71 bits per heavy atom. The minimum Gasteiger partial charge on any atom is -0.394 e. The summed E-state index contributed by atoms with van der Waals surface area (Å²) < 4.78 is 5.59. The van der Waals surface area contributed by atoms with Gasteiger partial charge in [0.25, 0.3) is 0 Å². The highest BCUT2D eigenvalue weighted by atomic mass is 16.5. The van der Waals surface area contributed by atoms with Crippen LogP contribution in [0.5, 0.6) is 0 Å². The van der Waals surface area contributed by atoms with Crippen LogP contribution in [0.25, 0.3) is 0 Å². The van der Waals surface area contributed by atoms with Crippen LogP contribution in [0, 0.1) is 0 Å². The van der Waals surface area contributed by atoms with Gasteiger partial charge < -0.3 is 15.2 Å². The van der Waals surface area contributed by atoms with Crippen LogP contribution < -0.4 is 5.32 Å². The van der Waals surface area contributed by atoms with Gasteiger partial charge in [0.2, 0.25) is 0 Å². The molecular weight excluding hydrogens is 216 g/mol. The fourth-order valence-electron chi connectivity index (χ4n) is 2.56. The fourth-order valence-corrected chi connectivity index (χ4v) is 2.56. The van der Waals surface area contributed by atoms with Crippen LogP contribution in [0.3, 0.4) is 0 Å². The molecule has 0 saturated carbocycles. The van der Waals surface area contributed by atoms with Crippen LogP contribution in [0.1, 0.15) is 33.6 Å². The highest BCUT2D eigenvalue weighted by Crippen LogP contribution is 2.20. The van der Waals surface area contributed by atoms with Crippen LogP contribution in [-0.2, 0) is 4.74 Å². The number of hydrogen-bond donors (Lipinski definition) is 2. The Kier molecular flexibility index (Phi) is 5.86. The zero-order valence-corrected chi connectivity index (χ0v) is 11.7. The van der Waals surface area contributed by atoms with Gasteiger partial charge >= 0.3 is 0 Å². The van der Waals surface area contributed by atoms with Gasteiger partial charge in [0.05, 0.1) is 18.2 Å². The standard InChI is InChI=1S/C13H28N2O2/c1-5-7-14-13(3,10-16)9-15(4)12-6-8-17-11(12)2/h11-12,14,16H,5-10H2,1-4H3. The van der Waals surface area contributed by atoms with Crippen LogP contribution in [0.2, 0.25) is 0 Å². The van der Waals surface area contributed by atoms with Crippen molar-refractivity contribution >= 4 is 0 Å². The summed E-state index contributed by atoms with van der Waals surface area (Å²) >= 11 is 0. The quantitative estimate of drug-likeness (QED) is 0.697. The molecule has 102 valence electrons. The zero-order valence-electron chi connectivity index (χ0n) is 11.7. The van der Waals surface area contributed by atoms with E-state index < -0.39 is 0 Å². The molecule has 1 heterocycles. The first kappa shape index (κ1) is 14.9. The van der Waals surface area contributed by atoms with E-state index >= 15 is 0 Å². The molecule has 3 atom stereocenters. The number of hydrogen-bond acceptors (Lipinski definition) is 4. The van der Waals surface area contributed by atoms with E-state index in [1.54, 1.807) is 0 Å². The van der Waals surface area contributed by atoms with Gasteiger partial charge in [-0.15, -0.1) is 0 Å². The average Bonchev–Trinajstić information content (AvgIpc) is 2.73. The van der Waals surface area contributed by atoms with E-state index in [9.17, 15) is 5.11 Å². The van der Waals surface area contributed by atoms with E-state index in [4.69, 9.17) is 4.74 Å². The number of rotatable bonds is 7. The molecule has 4 nitrogen and oxygen atoms in total. The largest absolute Gasteiger partial charge is 0.394 e. The molecule has 1 fully saturated rings. The summed E-state index contributed by atoms with van der Waals surface area (Å²) in [6, 6.07) is 0.476. The lowest BCUT2D eigenvalue weighted by Gasteiger charge is -2.36. The van der Waals surface area contributed by atoms with Crippen LogP contribution in [0.15, 0.2) is 0 Å². The van der Waals surface area contributed by atoms with Crippen molar-refractivity contribution in [1.29, 1.82) is 0 Å². The van der Waals surface area contributed by atoms with E-state index in [1.807, 2.05) is 0 Å². The lowest BCUT2D eigenvalue weighted by Crippen LogP contribution is -2.56. The van der Waals surface area contributed by atoms with Crippen LogP contribution in [0.4, 0.5) is 0 Å². The van der Waals surface area contributed by atoms with Crippen LogP contribution >= 0.6 is 0 Å². The van der Waals surface area contributed by atoms with E-state index in [0.29, 0.717) is 12.1 Å². The summed E-state index contributed by atoms with van der Waals surface area (Å²) in [6.07, 6.45) is 2.48. The van der Waals surface area contributed by atoms with E-state index in [-0.39, 0.29) is 12.1 Å². The molecule has 1 saturated heterocycles. The molecule has 3 unspecified atom stereocenters. The molecule has 0 aromatic heterocycles. The summed E-state index contributed by atoms with van der Waals surface area (Å²) in [4.78, 5) is 2.32. The number of nitrogens with one attached hydrogen (secondary N) is 1. The van der Waals surface area contributed by atoms with Gasteiger partial charge in [-0.2, -0.15) is 0 Å². The van der Waals surface area contributed by atoms with Crippen molar-refractivity contribution in [3.63, 3.8) is 0 Å². The minimum absolute atomic E-state index is 0.166. The molecule has 17 heavy (non-hydrogen) atoms. The van der Waals surface area contributed by atoms with Crippen molar-refractivity contribution < 1.29 is 9.84 Å². The van der Waals surface area contributed by atoms with Crippen molar-refractivity contribution in [2.45, 2.75) is 51.3 Å². The van der Waals surface area contributed by atoms with Gasteiger partial charge in [-0.1, -0.05) is 6.92 Å². The van der Waals surface area contributed by atoms with Gasteiger partial charge in [0.1, 0.15) is 0 Å². The highest BCUT2D eigenvalue weighted by molar-refractivity contribution is 4.89.